The van der Waals surface area contributed by atoms with Gasteiger partial charge in [0, 0.05) is 0 Å². The molecule has 1 N–H and O–H groups in total. The lowest BCUT2D eigenvalue weighted by Gasteiger charge is -1.99. The van der Waals surface area contributed by atoms with Gasteiger partial charge in [-0.2, -0.15) is 0 Å². The first kappa shape index (κ1) is 13.0. The van der Waals surface area contributed by atoms with Crippen LogP contribution in [-0.2, 0) is 17.1 Å². The Labute approximate surface area is 109 Å². The molecule has 0 radical (unpaired) electrons. The van der Waals surface area contributed by atoms with Crippen molar-refractivity contribution in [2.24, 2.45) is 0 Å². The van der Waals surface area contributed by atoms with Gasteiger partial charge in [-0.25, -0.2) is 4.68 Å². The van der Waals surface area contributed by atoms with Crippen LogP contribution in [0.5, 0.6) is 0 Å². The topological polar surface area (TPSA) is 137 Å². The molecule has 0 bridgehead atoms. The number of tetrazole rings is 1. The number of furan rings is 1. The zero-order chi connectivity index (χ0) is 13.8. The number of hydrogen-bond acceptors (Lipinski definition) is 8. The van der Waals surface area contributed by atoms with Gasteiger partial charge in [0.2, 0.25) is 5.16 Å². The van der Waals surface area contributed by atoms with E-state index in [9.17, 15) is 14.9 Å². The van der Waals surface area contributed by atoms with E-state index in [2.05, 4.69) is 15.5 Å². The van der Waals surface area contributed by atoms with Crippen LogP contribution in [0.4, 0.5) is 5.88 Å². The van der Waals surface area contributed by atoms with E-state index in [1.165, 1.54) is 12.1 Å². The summed E-state index contributed by atoms with van der Waals surface area (Å²) in [6, 6.07) is 2.71. The van der Waals surface area contributed by atoms with E-state index in [0.717, 1.165) is 16.4 Å². The smallest absolute Gasteiger partial charge is 0.433 e. The third-order valence-corrected chi connectivity index (χ3v) is 2.93. The number of hydrogen-bond donors (Lipinski definition) is 1. The van der Waals surface area contributed by atoms with Crippen molar-refractivity contribution in [2.75, 3.05) is 0 Å². The Morgan fingerprint density at radius 2 is 2.37 bits per heavy atom. The SMILES string of the molecule is O=C(O)Cn1nnnc1SCc1ccc([N+](=O)[O-])o1. The van der Waals surface area contributed by atoms with Crippen molar-refractivity contribution in [3.05, 3.63) is 28.0 Å². The Balaban J connectivity index is 2.00. The largest absolute Gasteiger partial charge is 0.480 e. The van der Waals surface area contributed by atoms with E-state index in [0.29, 0.717) is 10.9 Å². The van der Waals surface area contributed by atoms with Gasteiger partial charge in [-0.15, -0.1) is 5.10 Å². The molecule has 0 fully saturated rings. The van der Waals surface area contributed by atoms with Crippen LogP contribution < -0.4 is 0 Å². The average Bonchev–Trinajstić information content (AvgIpc) is 2.94. The van der Waals surface area contributed by atoms with Crippen LogP contribution in [0.1, 0.15) is 5.76 Å². The summed E-state index contributed by atoms with van der Waals surface area (Å²) in [5.41, 5.74) is 0. The monoisotopic (exact) mass is 285 g/mol. The van der Waals surface area contributed by atoms with Crippen molar-refractivity contribution < 1.29 is 19.2 Å². The third kappa shape index (κ3) is 3.28. The lowest BCUT2D eigenvalue weighted by atomic mass is 10.5. The summed E-state index contributed by atoms with van der Waals surface area (Å²) < 4.78 is 6.07. The standard InChI is InChI=1S/C8H7N5O5S/c14-7(15)3-12-8(9-10-11-12)19-4-5-1-2-6(18-5)13(16)17/h1-2H,3-4H2,(H,14,15). The molecule has 2 heterocycles. The zero-order valence-electron chi connectivity index (χ0n) is 9.29. The lowest BCUT2D eigenvalue weighted by Crippen LogP contribution is -2.11. The molecule has 2 aromatic heterocycles. The molecule has 0 aromatic carbocycles. The van der Waals surface area contributed by atoms with E-state index in [-0.39, 0.29) is 18.2 Å². The molecule has 0 amide bonds. The van der Waals surface area contributed by atoms with E-state index in [1.807, 2.05) is 0 Å². The number of nitrogens with zero attached hydrogens (tertiary/aromatic N) is 5. The Kier molecular flexibility index (Phi) is 3.75. The van der Waals surface area contributed by atoms with Gasteiger partial charge < -0.3 is 9.52 Å². The van der Waals surface area contributed by atoms with Gasteiger partial charge in [0.25, 0.3) is 0 Å². The van der Waals surface area contributed by atoms with Crippen LogP contribution in [0.2, 0.25) is 0 Å². The van der Waals surface area contributed by atoms with Crippen LogP contribution in [0.25, 0.3) is 0 Å². The summed E-state index contributed by atoms with van der Waals surface area (Å²) in [4.78, 5) is 20.3. The second kappa shape index (κ2) is 5.48. The molecular weight excluding hydrogens is 278 g/mol. The molecule has 0 aliphatic rings. The predicted molar refractivity (Wildman–Crippen MR) is 60.4 cm³/mol. The Morgan fingerprint density at radius 1 is 1.58 bits per heavy atom. The first-order valence-electron chi connectivity index (χ1n) is 4.90. The van der Waals surface area contributed by atoms with Gasteiger partial charge in [0.15, 0.2) is 0 Å². The van der Waals surface area contributed by atoms with Crippen LogP contribution in [0.3, 0.4) is 0 Å². The van der Waals surface area contributed by atoms with Gasteiger partial charge in [0.1, 0.15) is 17.2 Å². The summed E-state index contributed by atoms with van der Waals surface area (Å²) >= 11 is 1.12. The maximum atomic E-state index is 10.6. The number of thioether (sulfide) groups is 1. The molecule has 19 heavy (non-hydrogen) atoms. The van der Waals surface area contributed by atoms with Gasteiger partial charge in [-0.3, -0.25) is 14.9 Å². The number of carboxylic acid groups (broad SMARTS) is 1. The number of aromatic nitrogens is 4. The highest BCUT2D eigenvalue weighted by molar-refractivity contribution is 7.98. The molecule has 10 nitrogen and oxygen atoms in total. The van der Waals surface area contributed by atoms with Gasteiger partial charge >= 0.3 is 11.9 Å². The van der Waals surface area contributed by atoms with E-state index in [4.69, 9.17) is 9.52 Å². The number of aliphatic carboxylic acids is 1. The maximum absolute atomic E-state index is 10.6. The fourth-order valence-corrected chi connectivity index (χ4v) is 1.98. The highest BCUT2D eigenvalue weighted by Crippen LogP contribution is 2.23. The normalized spacial score (nSPS) is 10.5. The van der Waals surface area contributed by atoms with Crippen molar-refractivity contribution in [1.29, 1.82) is 0 Å². The van der Waals surface area contributed by atoms with Gasteiger partial charge in [-0.05, 0) is 16.5 Å². The molecule has 0 atom stereocenters. The van der Waals surface area contributed by atoms with E-state index >= 15 is 0 Å². The predicted octanol–water partition coefficient (Wildman–Crippen LogP) is 0.551. The Hall–Kier alpha value is -2.43. The molecule has 0 aliphatic carbocycles. The molecule has 0 saturated carbocycles. The number of carboxylic acids is 1. The highest BCUT2D eigenvalue weighted by atomic mass is 32.2. The summed E-state index contributed by atoms with van der Waals surface area (Å²) in [6.45, 7) is -0.354. The molecule has 2 rings (SSSR count). The molecule has 2 aromatic rings. The average molecular weight is 285 g/mol. The second-order valence-electron chi connectivity index (χ2n) is 3.30. The molecule has 0 aliphatic heterocycles. The summed E-state index contributed by atoms with van der Waals surface area (Å²) in [5, 5.41) is 29.9. The van der Waals surface area contributed by atoms with Crippen molar-refractivity contribution in [3.8, 4) is 0 Å². The van der Waals surface area contributed by atoms with Crippen LogP contribution in [0, 0.1) is 10.1 Å². The molecule has 100 valence electrons. The van der Waals surface area contributed by atoms with Crippen molar-refractivity contribution in [2.45, 2.75) is 17.5 Å². The van der Waals surface area contributed by atoms with Crippen molar-refractivity contribution in [1.82, 2.24) is 20.2 Å². The molecular formula is C8H7N5O5S. The van der Waals surface area contributed by atoms with E-state index in [1.54, 1.807) is 0 Å². The Morgan fingerprint density at radius 3 is 3.00 bits per heavy atom. The second-order valence-corrected chi connectivity index (χ2v) is 4.24. The fourth-order valence-electron chi connectivity index (χ4n) is 1.21. The minimum atomic E-state index is -1.07. The van der Waals surface area contributed by atoms with Gasteiger partial charge in [0.05, 0.1) is 11.8 Å². The van der Waals surface area contributed by atoms with Crippen molar-refractivity contribution in [3.63, 3.8) is 0 Å². The van der Waals surface area contributed by atoms with Crippen LogP contribution >= 0.6 is 11.8 Å². The van der Waals surface area contributed by atoms with Crippen LogP contribution in [-0.4, -0.2) is 36.2 Å². The van der Waals surface area contributed by atoms with Crippen LogP contribution in [0.15, 0.2) is 21.7 Å². The summed E-state index contributed by atoms with van der Waals surface area (Å²) in [7, 11) is 0. The fraction of sp³-hybridized carbons (Fsp3) is 0.250. The van der Waals surface area contributed by atoms with Crippen molar-refractivity contribution >= 4 is 23.6 Å². The third-order valence-electron chi connectivity index (χ3n) is 1.96. The molecule has 0 unspecified atom stereocenters. The lowest BCUT2D eigenvalue weighted by molar-refractivity contribution is -0.402. The minimum absolute atomic E-state index is 0.258. The Bertz CT molecular complexity index is 608. The molecule has 11 heteroatoms. The number of nitro groups is 1. The first-order chi connectivity index (χ1) is 9.06. The molecule has 0 spiro atoms. The number of rotatable bonds is 6. The van der Waals surface area contributed by atoms with E-state index < -0.39 is 10.9 Å². The summed E-state index contributed by atoms with van der Waals surface area (Å²) in [6.07, 6.45) is 0. The van der Waals surface area contributed by atoms with Gasteiger partial charge in [-0.1, -0.05) is 11.8 Å². The minimum Gasteiger partial charge on any atom is -0.480 e. The summed E-state index contributed by atoms with van der Waals surface area (Å²) in [5.74, 6) is -0.779. The number of carbonyl (C=O) groups is 1. The quantitative estimate of drug-likeness (QED) is 0.458. The molecule has 0 saturated heterocycles. The zero-order valence-corrected chi connectivity index (χ0v) is 10.1. The highest BCUT2D eigenvalue weighted by Gasteiger charge is 2.14. The first-order valence-corrected chi connectivity index (χ1v) is 5.88. The maximum Gasteiger partial charge on any atom is 0.433 e.